The average molecular weight is 345 g/mol. The van der Waals surface area contributed by atoms with E-state index >= 15 is 0 Å². The number of rotatable bonds is 4. The molecule has 0 heterocycles. The van der Waals surface area contributed by atoms with Crippen LogP contribution in [0.3, 0.4) is 0 Å². The van der Waals surface area contributed by atoms with Crippen LogP contribution in [0.2, 0.25) is 0 Å². The van der Waals surface area contributed by atoms with Crippen LogP contribution >= 0.6 is 0 Å². The fourth-order valence-electron chi connectivity index (χ4n) is 2.07. The van der Waals surface area contributed by atoms with Gasteiger partial charge in [0.25, 0.3) is 5.91 Å². The van der Waals surface area contributed by atoms with E-state index in [-0.39, 0.29) is 5.56 Å². The quantitative estimate of drug-likeness (QED) is 0.834. The Morgan fingerprint density at radius 1 is 1.08 bits per heavy atom. The van der Waals surface area contributed by atoms with Gasteiger partial charge < -0.3 is 10.4 Å². The Kier molecular flexibility index (Phi) is 5.18. The summed E-state index contributed by atoms with van der Waals surface area (Å²) in [4.78, 5) is 11.8. The molecule has 0 aliphatic carbocycles. The lowest BCUT2D eigenvalue weighted by Gasteiger charge is -2.14. The zero-order chi connectivity index (χ0) is 17.9. The summed E-state index contributed by atoms with van der Waals surface area (Å²) in [5.74, 6) is -3.55. The second-order valence-corrected chi connectivity index (χ2v) is 4.91. The lowest BCUT2D eigenvalue weighted by atomic mass is 10.1. The third-order valence-electron chi connectivity index (χ3n) is 3.27. The molecular formula is C16H12F5NO2. The molecule has 0 aliphatic heterocycles. The fourth-order valence-corrected chi connectivity index (χ4v) is 2.07. The molecule has 2 aromatic carbocycles. The second kappa shape index (κ2) is 6.96. The summed E-state index contributed by atoms with van der Waals surface area (Å²) >= 11 is 0. The molecule has 2 aromatic rings. The first-order valence-electron chi connectivity index (χ1n) is 6.78. The number of nitrogens with one attached hydrogen (secondary N) is 1. The summed E-state index contributed by atoms with van der Waals surface area (Å²) in [5, 5.41) is 11.9. The number of alkyl halides is 3. The first kappa shape index (κ1) is 17.9. The van der Waals surface area contributed by atoms with Gasteiger partial charge in [0.1, 0.15) is 11.6 Å². The first-order valence-corrected chi connectivity index (χ1v) is 6.78. The number of carbonyl (C=O) groups excluding carboxylic acids is 1. The molecule has 8 heteroatoms. The third kappa shape index (κ3) is 3.88. The molecule has 24 heavy (non-hydrogen) atoms. The predicted molar refractivity (Wildman–Crippen MR) is 75.1 cm³/mol. The number of aliphatic hydroxyl groups excluding tert-OH is 1. The lowest BCUT2D eigenvalue weighted by molar-refractivity contribution is -0.140. The Balaban J connectivity index is 2.12. The molecular weight excluding hydrogens is 333 g/mol. The average Bonchev–Trinajstić information content (AvgIpc) is 2.51. The Labute approximate surface area is 133 Å². The van der Waals surface area contributed by atoms with Crippen molar-refractivity contribution in [2.24, 2.45) is 0 Å². The van der Waals surface area contributed by atoms with Gasteiger partial charge >= 0.3 is 6.18 Å². The Bertz CT molecular complexity index is 745. The van der Waals surface area contributed by atoms with Gasteiger partial charge in [0.05, 0.1) is 17.2 Å². The molecule has 0 aromatic heterocycles. The fraction of sp³-hybridized carbons (Fsp3) is 0.188. The molecule has 0 saturated carbocycles. The molecule has 0 saturated heterocycles. The van der Waals surface area contributed by atoms with Crippen LogP contribution in [-0.4, -0.2) is 17.6 Å². The monoisotopic (exact) mass is 345 g/mol. The highest BCUT2D eigenvalue weighted by atomic mass is 19.4. The van der Waals surface area contributed by atoms with Crippen LogP contribution in [0.5, 0.6) is 0 Å². The molecule has 2 rings (SSSR count). The molecule has 0 bridgehead atoms. The normalized spacial score (nSPS) is 12.8. The highest BCUT2D eigenvalue weighted by Gasteiger charge is 2.35. The van der Waals surface area contributed by atoms with Crippen molar-refractivity contribution in [1.82, 2.24) is 5.32 Å². The van der Waals surface area contributed by atoms with Gasteiger partial charge in [-0.25, -0.2) is 8.78 Å². The molecule has 0 spiro atoms. The molecule has 0 radical (unpaired) electrons. The maximum absolute atomic E-state index is 13.8. The molecule has 1 amide bonds. The van der Waals surface area contributed by atoms with E-state index in [4.69, 9.17) is 0 Å². The largest absolute Gasteiger partial charge is 0.419 e. The number of aliphatic hydroxyl groups is 1. The highest BCUT2D eigenvalue weighted by Crippen LogP contribution is 2.32. The summed E-state index contributed by atoms with van der Waals surface area (Å²) in [6, 6.07) is 7.56. The number of hydrogen-bond donors (Lipinski definition) is 2. The van der Waals surface area contributed by atoms with Crippen LogP contribution in [-0.2, 0) is 6.18 Å². The van der Waals surface area contributed by atoms with Crippen molar-refractivity contribution in [2.45, 2.75) is 12.3 Å². The SMILES string of the molecule is O=C(NCC(O)c1ccccc1F)c1cccc(C(F)(F)F)c1F. The smallest absolute Gasteiger partial charge is 0.386 e. The van der Waals surface area contributed by atoms with Crippen molar-refractivity contribution >= 4 is 5.91 Å². The van der Waals surface area contributed by atoms with Crippen molar-refractivity contribution < 1.29 is 31.9 Å². The number of amides is 1. The predicted octanol–water partition coefficient (Wildman–Crippen LogP) is 3.45. The van der Waals surface area contributed by atoms with E-state index < -0.39 is 47.5 Å². The molecule has 128 valence electrons. The molecule has 2 N–H and O–H groups in total. The van der Waals surface area contributed by atoms with Gasteiger partial charge in [0.15, 0.2) is 0 Å². The van der Waals surface area contributed by atoms with Gasteiger partial charge in [-0.2, -0.15) is 13.2 Å². The zero-order valence-corrected chi connectivity index (χ0v) is 12.1. The van der Waals surface area contributed by atoms with Gasteiger partial charge in [-0.15, -0.1) is 0 Å². The van der Waals surface area contributed by atoms with Crippen LogP contribution in [0.15, 0.2) is 42.5 Å². The number of benzene rings is 2. The Morgan fingerprint density at radius 2 is 1.75 bits per heavy atom. The minimum Gasteiger partial charge on any atom is -0.386 e. The number of halogens is 5. The van der Waals surface area contributed by atoms with E-state index in [1.807, 2.05) is 0 Å². The topological polar surface area (TPSA) is 49.3 Å². The van der Waals surface area contributed by atoms with E-state index in [1.54, 1.807) is 0 Å². The lowest BCUT2D eigenvalue weighted by Crippen LogP contribution is -2.30. The van der Waals surface area contributed by atoms with Crippen molar-refractivity contribution in [3.05, 3.63) is 70.8 Å². The summed E-state index contributed by atoms with van der Waals surface area (Å²) in [7, 11) is 0. The summed E-state index contributed by atoms with van der Waals surface area (Å²) in [6.45, 7) is -0.491. The molecule has 1 atom stereocenters. The van der Waals surface area contributed by atoms with Gasteiger partial charge in [0.2, 0.25) is 0 Å². The third-order valence-corrected chi connectivity index (χ3v) is 3.27. The number of carbonyl (C=O) groups is 1. The van der Waals surface area contributed by atoms with Crippen LogP contribution in [0.25, 0.3) is 0 Å². The highest BCUT2D eigenvalue weighted by molar-refractivity contribution is 5.94. The Morgan fingerprint density at radius 3 is 2.38 bits per heavy atom. The van der Waals surface area contributed by atoms with Gasteiger partial charge in [-0.05, 0) is 18.2 Å². The minimum absolute atomic E-state index is 0.0951. The van der Waals surface area contributed by atoms with Crippen molar-refractivity contribution in [3.8, 4) is 0 Å². The van der Waals surface area contributed by atoms with Crippen molar-refractivity contribution in [3.63, 3.8) is 0 Å². The van der Waals surface area contributed by atoms with Gasteiger partial charge in [-0.1, -0.05) is 24.3 Å². The van der Waals surface area contributed by atoms with E-state index in [0.29, 0.717) is 6.07 Å². The van der Waals surface area contributed by atoms with E-state index in [2.05, 4.69) is 5.32 Å². The molecule has 1 unspecified atom stereocenters. The van der Waals surface area contributed by atoms with Crippen LogP contribution in [0, 0.1) is 11.6 Å². The molecule has 0 aliphatic rings. The molecule has 0 fully saturated rings. The zero-order valence-electron chi connectivity index (χ0n) is 12.1. The summed E-state index contributed by atoms with van der Waals surface area (Å²) in [5.41, 5.74) is -2.47. The van der Waals surface area contributed by atoms with E-state index in [0.717, 1.165) is 18.2 Å². The van der Waals surface area contributed by atoms with Gasteiger partial charge in [-0.3, -0.25) is 4.79 Å². The molecule has 3 nitrogen and oxygen atoms in total. The van der Waals surface area contributed by atoms with E-state index in [1.165, 1.54) is 18.2 Å². The maximum Gasteiger partial charge on any atom is 0.419 e. The van der Waals surface area contributed by atoms with Crippen LogP contribution in [0.4, 0.5) is 22.0 Å². The number of hydrogen-bond acceptors (Lipinski definition) is 2. The standard InChI is InChI=1S/C16H12F5NO2/c17-12-7-2-1-4-9(12)13(23)8-22-15(24)10-5-3-6-11(14(10)18)16(19,20)21/h1-7,13,23H,8H2,(H,22,24). The summed E-state index contributed by atoms with van der Waals surface area (Å²) in [6.07, 6.45) is -6.36. The van der Waals surface area contributed by atoms with Crippen molar-refractivity contribution in [2.75, 3.05) is 6.54 Å². The van der Waals surface area contributed by atoms with Crippen LogP contribution in [0.1, 0.15) is 27.6 Å². The van der Waals surface area contributed by atoms with Crippen LogP contribution < -0.4 is 5.32 Å². The van der Waals surface area contributed by atoms with Gasteiger partial charge in [0, 0.05) is 12.1 Å². The van der Waals surface area contributed by atoms with Crippen molar-refractivity contribution in [1.29, 1.82) is 0 Å². The van der Waals surface area contributed by atoms with E-state index in [9.17, 15) is 31.9 Å². The maximum atomic E-state index is 13.8. The second-order valence-electron chi connectivity index (χ2n) is 4.91. The Hall–Kier alpha value is -2.48. The first-order chi connectivity index (χ1) is 11.2. The summed E-state index contributed by atoms with van der Waals surface area (Å²) < 4.78 is 65.2. The minimum atomic E-state index is -4.94.